The first-order valence-electron chi connectivity index (χ1n) is 9.78. The summed E-state index contributed by atoms with van der Waals surface area (Å²) >= 11 is 0. The van der Waals surface area contributed by atoms with Gasteiger partial charge < -0.3 is 9.84 Å². The van der Waals surface area contributed by atoms with Gasteiger partial charge in [0.15, 0.2) is 0 Å². The second-order valence-corrected chi connectivity index (χ2v) is 7.00. The Balaban J connectivity index is 5.82. The normalized spacial score (nSPS) is 12.6. The molecule has 3 nitrogen and oxygen atoms in total. The summed E-state index contributed by atoms with van der Waals surface area (Å²) in [5, 5.41) is 10.3. The Kier molecular flexibility index (Phi) is 11.6. The lowest BCUT2D eigenvalue weighted by atomic mass is 9.62. The summed E-state index contributed by atoms with van der Waals surface area (Å²) in [5.74, 6) is -0.645. The molecule has 0 rings (SSSR count). The van der Waals surface area contributed by atoms with E-state index in [1.807, 2.05) is 0 Å². The molecule has 0 saturated heterocycles. The van der Waals surface area contributed by atoms with Crippen molar-refractivity contribution in [2.24, 2.45) is 5.41 Å². The number of carboxylic acids is 1. The average molecular weight is 329 g/mol. The number of unbranched alkanes of at least 4 members (excludes halogenated alkanes) is 4. The standard InChI is InChI=1S/C20H40O3/c1-6-10-14-19(18(21)22,15-11-7-2)20(23-5,16-12-8-3)17-13-9-4/h6-17H2,1-5H3,(H,21,22). The number of hydrogen-bond donors (Lipinski definition) is 1. The van der Waals surface area contributed by atoms with Crippen LogP contribution in [0.5, 0.6) is 0 Å². The van der Waals surface area contributed by atoms with Crippen molar-refractivity contribution >= 4 is 5.97 Å². The summed E-state index contributed by atoms with van der Waals surface area (Å²) in [4.78, 5) is 12.5. The van der Waals surface area contributed by atoms with Gasteiger partial charge in [-0.2, -0.15) is 0 Å². The largest absolute Gasteiger partial charge is 0.481 e. The van der Waals surface area contributed by atoms with E-state index >= 15 is 0 Å². The van der Waals surface area contributed by atoms with Crippen LogP contribution in [-0.4, -0.2) is 23.8 Å². The van der Waals surface area contributed by atoms with Gasteiger partial charge >= 0.3 is 5.97 Å². The summed E-state index contributed by atoms with van der Waals surface area (Å²) in [7, 11) is 1.74. The maximum Gasteiger partial charge on any atom is 0.312 e. The van der Waals surface area contributed by atoms with Crippen LogP contribution in [0.15, 0.2) is 0 Å². The Labute approximate surface area is 144 Å². The van der Waals surface area contributed by atoms with Crippen molar-refractivity contribution in [1.29, 1.82) is 0 Å². The first kappa shape index (κ1) is 22.4. The molecule has 0 aliphatic rings. The van der Waals surface area contributed by atoms with Gasteiger partial charge in [0.05, 0.1) is 11.0 Å². The number of carbonyl (C=O) groups is 1. The number of rotatable bonds is 15. The van der Waals surface area contributed by atoms with Gasteiger partial charge in [0, 0.05) is 7.11 Å². The van der Waals surface area contributed by atoms with Crippen molar-refractivity contribution in [2.45, 2.75) is 110 Å². The molecule has 0 spiro atoms. The van der Waals surface area contributed by atoms with E-state index in [0.29, 0.717) is 0 Å². The second-order valence-electron chi connectivity index (χ2n) is 7.00. The topological polar surface area (TPSA) is 46.5 Å². The smallest absolute Gasteiger partial charge is 0.312 e. The van der Waals surface area contributed by atoms with Gasteiger partial charge in [-0.15, -0.1) is 0 Å². The molecule has 0 bridgehead atoms. The van der Waals surface area contributed by atoms with Crippen LogP contribution in [0.1, 0.15) is 105 Å². The van der Waals surface area contributed by atoms with Gasteiger partial charge in [-0.3, -0.25) is 4.79 Å². The van der Waals surface area contributed by atoms with E-state index in [0.717, 1.165) is 77.0 Å². The van der Waals surface area contributed by atoms with Crippen LogP contribution in [0.4, 0.5) is 0 Å². The maximum atomic E-state index is 12.5. The van der Waals surface area contributed by atoms with E-state index in [9.17, 15) is 9.90 Å². The third kappa shape index (κ3) is 5.77. The Morgan fingerprint density at radius 1 is 0.783 bits per heavy atom. The zero-order valence-corrected chi connectivity index (χ0v) is 16.2. The molecular weight excluding hydrogens is 288 g/mol. The van der Waals surface area contributed by atoms with Crippen molar-refractivity contribution in [3.8, 4) is 0 Å². The van der Waals surface area contributed by atoms with Crippen LogP contribution in [0.2, 0.25) is 0 Å². The fourth-order valence-electron chi connectivity index (χ4n) is 3.87. The fourth-order valence-corrected chi connectivity index (χ4v) is 3.87. The summed E-state index contributed by atoms with van der Waals surface area (Å²) in [6.07, 6.45) is 11.4. The van der Waals surface area contributed by atoms with Gasteiger partial charge in [-0.1, -0.05) is 79.1 Å². The minimum atomic E-state index is -0.738. The quantitative estimate of drug-likeness (QED) is 0.389. The molecule has 0 aliphatic heterocycles. The molecule has 0 amide bonds. The first-order chi connectivity index (χ1) is 11.0. The second kappa shape index (κ2) is 11.9. The Morgan fingerprint density at radius 3 is 1.39 bits per heavy atom. The van der Waals surface area contributed by atoms with Gasteiger partial charge in [-0.05, 0) is 25.7 Å². The van der Waals surface area contributed by atoms with Crippen molar-refractivity contribution in [3.63, 3.8) is 0 Å². The highest BCUT2D eigenvalue weighted by molar-refractivity contribution is 5.76. The molecule has 23 heavy (non-hydrogen) atoms. The average Bonchev–Trinajstić information content (AvgIpc) is 2.56. The number of carboxylic acid groups (broad SMARTS) is 1. The lowest BCUT2D eigenvalue weighted by molar-refractivity contribution is -0.183. The highest BCUT2D eigenvalue weighted by Crippen LogP contribution is 2.49. The van der Waals surface area contributed by atoms with E-state index in [-0.39, 0.29) is 0 Å². The van der Waals surface area contributed by atoms with Crippen LogP contribution >= 0.6 is 0 Å². The van der Waals surface area contributed by atoms with E-state index in [4.69, 9.17) is 4.74 Å². The van der Waals surface area contributed by atoms with Crippen LogP contribution in [0, 0.1) is 5.41 Å². The van der Waals surface area contributed by atoms with Crippen molar-refractivity contribution in [3.05, 3.63) is 0 Å². The number of methoxy groups -OCH3 is 1. The summed E-state index contributed by atoms with van der Waals surface area (Å²) in [5.41, 5.74) is -1.26. The molecule has 0 saturated carbocycles. The Hall–Kier alpha value is -0.570. The Morgan fingerprint density at radius 2 is 1.13 bits per heavy atom. The van der Waals surface area contributed by atoms with Gasteiger partial charge in [0.25, 0.3) is 0 Å². The third-order valence-corrected chi connectivity index (χ3v) is 5.45. The highest BCUT2D eigenvalue weighted by Gasteiger charge is 2.55. The van der Waals surface area contributed by atoms with E-state index in [1.165, 1.54) is 0 Å². The fraction of sp³-hybridized carbons (Fsp3) is 0.950. The molecule has 0 radical (unpaired) electrons. The molecular formula is C20H40O3. The molecule has 0 fully saturated rings. The van der Waals surface area contributed by atoms with Crippen LogP contribution < -0.4 is 0 Å². The lowest BCUT2D eigenvalue weighted by Gasteiger charge is -2.48. The van der Waals surface area contributed by atoms with Crippen LogP contribution in [0.3, 0.4) is 0 Å². The molecule has 0 unspecified atom stereocenters. The molecule has 0 aromatic rings. The number of aliphatic carboxylic acids is 1. The summed E-state index contributed by atoms with van der Waals surface area (Å²) < 4.78 is 6.08. The monoisotopic (exact) mass is 328 g/mol. The summed E-state index contributed by atoms with van der Waals surface area (Å²) in [6.45, 7) is 8.61. The zero-order chi connectivity index (χ0) is 17.8. The molecule has 0 aliphatic carbocycles. The summed E-state index contributed by atoms with van der Waals surface area (Å²) in [6, 6.07) is 0. The van der Waals surface area contributed by atoms with Crippen molar-refractivity contribution < 1.29 is 14.6 Å². The molecule has 0 aromatic carbocycles. The van der Waals surface area contributed by atoms with E-state index in [1.54, 1.807) is 7.11 Å². The predicted molar refractivity (Wildman–Crippen MR) is 97.9 cm³/mol. The van der Waals surface area contributed by atoms with Crippen molar-refractivity contribution in [1.82, 2.24) is 0 Å². The molecule has 0 heterocycles. The molecule has 3 heteroatoms. The lowest BCUT2D eigenvalue weighted by Crippen LogP contribution is -2.54. The van der Waals surface area contributed by atoms with E-state index < -0.39 is 17.0 Å². The highest BCUT2D eigenvalue weighted by atomic mass is 16.5. The Bertz CT molecular complexity index is 296. The van der Waals surface area contributed by atoms with Crippen LogP contribution in [-0.2, 0) is 9.53 Å². The minimum absolute atomic E-state index is 0.519. The molecule has 0 aromatic heterocycles. The molecule has 138 valence electrons. The molecule has 0 atom stereocenters. The minimum Gasteiger partial charge on any atom is -0.481 e. The van der Waals surface area contributed by atoms with Crippen LogP contribution in [0.25, 0.3) is 0 Å². The van der Waals surface area contributed by atoms with Gasteiger partial charge in [0.2, 0.25) is 0 Å². The van der Waals surface area contributed by atoms with Crippen molar-refractivity contribution in [2.75, 3.05) is 7.11 Å². The van der Waals surface area contributed by atoms with Gasteiger partial charge in [-0.25, -0.2) is 0 Å². The molecule has 1 N–H and O–H groups in total. The SMILES string of the molecule is CCCCC(CCCC)(OC)C(CCCC)(CCCC)C(=O)O. The number of ether oxygens (including phenoxy) is 1. The maximum absolute atomic E-state index is 12.5. The van der Waals surface area contributed by atoms with E-state index in [2.05, 4.69) is 27.7 Å². The third-order valence-electron chi connectivity index (χ3n) is 5.45. The zero-order valence-electron chi connectivity index (χ0n) is 16.2. The van der Waals surface area contributed by atoms with Gasteiger partial charge in [0.1, 0.15) is 0 Å². The number of hydrogen-bond acceptors (Lipinski definition) is 2. The first-order valence-corrected chi connectivity index (χ1v) is 9.78. The predicted octanol–water partition coefficient (Wildman–Crippen LogP) is 6.20.